The molecular weight excluding hydrogens is 333 g/mol. The van der Waals surface area contributed by atoms with Gasteiger partial charge in [-0.05, 0) is 37.3 Å². The molecule has 0 aromatic heterocycles. The molecule has 126 valence electrons. The van der Waals surface area contributed by atoms with Crippen LogP contribution in [0.5, 0.6) is 5.75 Å². The Kier molecular flexibility index (Phi) is 6.14. The molecule has 0 aliphatic heterocycles. The summed E-state index contributed by atoms with van der Waals surface area (Å²) in [5.74, 6) is -0.0568. The van der Waals surface area contributed by atoms with Gasteiger partial charge < -0.3 is 10.1 Å². The first kappa shape index (κ1) is 17.7. The molecule has 2 N–H and O–H groups in total. The Morgan fingerprint density at radius 2 is 2.08 bits per heavy atom. The first-order chi connectivity index (χ1) is 11.5. The van der Waals surface area contributed by atoms with Crippen LogP contribution in [0.15, 0.2) is 47.6 Å². The average Bonchev–Trinajstić information content (AvgIpc) is 2.58. The van der Waals surface area contributed by atoms with E-state index in [9.17, 15) is 9.18 Å². The summed E-state index contributed by atoms with van der Waals surface area (Å²) >= 11 is 5.95. The minimum Gasteiger partial charge on any atom is -0.497 e. The summed E-state index contributed by atoms with van der Waals surface area (Å²) in [5.41, 5.74) is 4.22. The van der Waals surface area contributed by atoms with Crippen LogP contribution in [0.4, 0.5) is 10.1 Å². The minimum atomic E-state index is -0.428. The predicted molar refractivity (Wildman–Crippen MR) is 93.2 cm³/mol. The Morgan fingerprint density at radius 1 is 1.29 bits per heavy atom. The van der Waals surface area contributed by atoms with Crippen molar-refractivity contribution >= 4 is 28.9 Å². The zero-order valence-electron chi connectivity index (χ0n) is 13.3. The predicted octanol–water partition coefficient (Wildman–Crippen LogP) is 3.44. The van der Waals surface area contributed by atoms with Crippen molar-refractivity contribution in [1.29, 1.82) is 0 Å². The molecule has 0 bridgehead atoms. The van der Waals surface area contributed by atoms with Gasteiger partial charge in [-0.25, -0.2) is 9.82 Å². The number of hydrazone groups is 1. The highest BCUT2D eigenvalue weighted by Gasteiger charge is 2.06. The number of amides is 1. The number of hydrogen-bond donors (Lipinski definition) is 2. The molecule has 2 aromatic rings. The standard InChI is InChI=1S/C17H17ClFN3O2/c1-11(15-7-6-12(19)8-16(15)18)21-22-17(23)10-20-13-4-3-5-14(9-13)24-2/h3-9,20H,10H2,1-2H3,(H,22,23)/b21-11-. The molecule has 0 unspecified atom stereocenters. The molecule has 0 aliphatic carbocycles. The van der Waals surface area contributed by atoms with Gasteiger partial charge in [0, 0.05) is 17.3 Å². The fourth-order valence-corrected chi connectivity index (χ4v) is 2.25. The number of carbonyl (C=O) groups excluding carboxylic acids is 1. The third-order valence-corrected chi connectivity index (χ3v) is 3.50. The molecule has 0 fully saturated rings. The van der Waals surface area contributed by atoms with E-state index in [-0.39, 0.29) is 17.5 Å². The zero-order valence-corrected chi connectivity index (χ0v) is 14.0. The Morgan fingerprint density at radius 3 is 2.79 bits per heavy atom. The van der Waals surface area contributed by atoms with Crippen LogP contribution in [-0.4, -0.2) is 25.3 Å². The molecule has 0 atom stereocenters. The minimum absolute atomic E-state index is 0.0428. The van der Waals surface area contributed by atoms with Crippen LogP contribution in [0.1, 0.15) is 12.5 Å². The van der Waals surface area contributed by atoms with E-state index in [0.717, 1.165) is 5.69 Å². The topological polar surface area (TPSA) is 62.7 Å². The monoisotopic (exact) mass is 349 g/mol. The van der Waals surface area contributed by atoms with E-state index in [0.29, 0.717) is 17.0 Å². The second-order valence-electron chi connectivity index (χ2n) is 4.94. The van der Waals surface area contributed by atoms with E-state index in [1.165, 1.54) is 18.2 Å². The van der Waals surface area contributed by atoms with E-state index in [4.69, 9.17) is 16.3 Å². The van der Waals surface area contributed by atoms with Crippen LogP contribution in [0.25, 0.3) is 0 Å². The lowest BCUT2D eigenvalue weighted by molar-refractivity contribution is -0.119. The maximum Gasteiger partial charge on any atom is 0.259 e. The van der Waals surface area contributed by atoms with Gasteiger partial charge in [-0.15, -0.1) is 0 Å². The number of nitrogens with zero attached hydrogens (tertiary/aromatic N) is 1. The summed E-state index contributed by atoms with van der Waals surface area (Å²) in [5, 5.41) is 7.18. The van der Waals surface area contributed by atoms with E-state index >= 15 is 0 Å². The van der Waals surface area contributed by atoms with Gasteiger partial charge in [0.05, 0.1) is 24.4 Å². The molecule has 0 radical (unpaired) electrons. The van der Waals surface area contributed by atoms with E-state index < -0.39 is 5.82 Å². The highest BCUT2D eigenvalue weighted by molar-refractivity contribution is 6.34. The van der Waals surface area contributed by atoms with Gasteiger partial charge in [0.15, 0.2) is 0 Å². The summed E-state index contributed by atoms with van der Waals surface area (Å²) in [6.07, 6.45) is 0. The number of nitrogens with one attached hydrogen (secondary N) is 2. The Labute approximate surface area is 144 Å². The van der Waals surface area contributed by atoms with Crippen molar-refractivity contribution in [1.82, 2.24) is 5.43 Å². The smallest absolute Gasteiger partial charge is 0.259 e. The summed E-state index contributed by atoms with van der Waals surface area (Å²) < 4.78 is 18.1. The molecule has 0 saturated carbocycles. The van der Waals surface area contributed by atoms with Crippen LogP contribution < -0.4 is 15.5 Å². The number of ether oxygens (including phenoxy) is 1. The van der Waals surface area contributed by atoms with Crippen LogP contribution in [0.2, 0.25) is 5.02 Å². The normalized spacial score (nSPS) is 11.1. The molecule has 24 heavy (non-hydrogen) atoms. The second kappa shape index (κ2) is 8.31. The van der Waals surface area contributed by atoms with Crippen molar-refractivity contribution < 1.29 is 13.9 Å². The molecule has 0 saturated heterocycles. The molecule has 0 aliphatic rings. The van der Waals surface area contributed by atoms with Gasteiger partial charge in [0.2, 0.25) is 0 Å². The molecule has 5 nitrogen and oxygen atoms in total. The molecule has 2 aromatic carbocycles. The highest BCUT2D eigenvalue weighted by atomic mass is 35.5. The van der Waals surface area contributed by atoms with E-state index in [1.807, 2.05) is 18.2 Å². The summed E-state index contributed by atoms with van der Waals surface area (Å²) in [7, 11) is 1.57. The Hall–Kier alpha value is -2.60. The number of benzene rings is 2. The number of rotatable bonds is 6. The van der Waals surface area contributed by atoms with Crippen LogP contribution >= 0.6 is 11.6 Å². The molecule has 0 heterocycles. The summed E-state index contributed by atoms with van der Waals surface area (Å²) in [4.78, 5) is 11.8. The molecule has 7 heteroatoms. The lowest BCUT2D eigenvalue weighted by Crippen LogP contribution is -2.26. The maximum absolute atomic E-state index is 13.0. The quantitative estimate of drug-likeness (QED) is 0.620. The molecule has 2 rings (SSSR count). The van der Waals surface area contributed by atoms with Crippen LogP contribution in [-0.2, 0) is 4.79 Å². The van der Waals surface area contributed by atoms with Gasteiger partial charge in [-0.3, -0.25) is 4.79 Å². The number of hydrogen-bond acceptors (Lipinski definition) is 4. The van der Waals surface area contributed by atoms with Gasteiger partial charge in [0.1, 0.15) is 11.6 Å². The average molecular weight is 350 g/mol. The molecule has 0 spiro atoms. The van der Waals surface area contributed by atoms with Crippen LogP contribution in [0, 0.1) is 5.82 Å². The summed E-state index contributed by atoms with van der Waals surface area (Å²) in [6.45, 7) is 1.72. The van der Waals surface area contributed by atoms with Crippen LogP contribution in [0.3, 0.4) is 0 Å². The van der Waals surface area contributed by atoms with Gasteiger partial charge >= 0.3 is 0 Å². The third-order valence-electron chi connectivity index (χ3n) is 3.19. The lowest BCUT2D eigenvalue weighted by Gasteiger charge is -2.08. The fraction of sp³-hybridized carbons (Fsp3) is 0.176. The maximum atomic E-state index is 13.0. The summed E-state index contributed by atoms with van der Waals surface area (Å²) in [6, 6.07) is 11.2. The van der Waals surface area contributed by atoms with Crippen molar-refractivity contribution in [3.8, 4) is 5.75 Å². The number of methoxy groups -OCH3 is 1. The Bertz CT molecular complexity index is 765. The van der Waals surface area contributed by atoms with Crippen molar-refractivity contribution in [2.75, 3.05) is 19.0 Å². The Balaban J connectivity index is 1.92. The molecule has 1 amide bonds. The molecular formula is C17H17ClFN3O2. The van der Waals surface area contributed by atoms with E-state index in [1.54, 1.807) is 20.1 Å². The number of carbonyl (C=O) groups is 1. The zero-order chi connectivity index (χ0) is 17.5. The lowest BCUT2D eigenvalue weighted by atomic mass is 10.1. The second-order valence-corrected chi connectivity index (χ2v) is 5.35. The largest absolute Gasteiger partial charge is 0.497 e. The van der Waals surface area contributed by atoms with Crippen molar-refractivity contribution in [2.24, 2.45) is 5.10 Å². The SMILES string of the molecule is COc1cccc(NCC(=O)N/N=C(/C)c2ccc(F)cc2Cl)c1. The van der Waals surface area contributed by atoms with Gasteiger partial charge in [0.25, 0.3) is 5.91 Å². The van der Waals surface area contributed by atoms with E-state index in [2.05, 4.69) is 15.8 Å². The fourth-order valence-electron chi connectivity index (χ4n) is 1.94. The van der Waals surface area contributed by atoms with Crippen molar-refractivity contribution in [3.05, 3.63) is 58.9 Å². The highest BCUT2D eigenvalue weighted by Crippen LogP contribution is 2.18. The van der Waals surface area contributed by atoms with Gasteiger partial charge in [-0.2, -0.15) is 5.10 Å². The van der Waals surface area contributed by atoms with Crippen molar-refractivity contribution in [2.45, 2.75) is 6.92 Å². The number of halogens is 2. The van der Waals surface area contributed by atoms with Crippen molar-refractivity contribution in [3.63, 3.8) is 0 Å². The number of anilines is 1. The third kappa shape index (κ3) is 4.96. The van der Waals surface area contributed by atoms with Gasteiger partial charge in [-0.1, -0.05) is 17.7 Å². The first-order valence-corrected chi connectivity index (χ1v) is 7.54. The first-order valence-electron chi connectivity index (χ1n) is 7.16.